The van der Waals surface area contributed by atoms with Gasteiger partial charge in [-0.2, -0.15) is 5.10 Å². The molecule has 0 aromatic heterocycles. The third-order valence-corrected chi connectivity index (χ3v) is 4.40. The summed E-state index contributed by atoms with van der Waals surface area (Å²) in [4.78, 5) is 2.47. The van der Waals surface area contributed by atoms with Crippen molar-refractivity contribution in [2.75, 3.05) is 26.2 Å². The fraction of sp³-hybridized carbons (Fsp3) is 0.316. The molecule has 0 aliphatic carbocycles. The van der Waals surface area contributed by atoms with Gasteiger partial charge >= 0.3 is 0 Å². The second-order valence-corrected chi connectivity index (χ2v) is 6.34. The summed E-state index contributed by atoms with van der Waals surface area (Å²) in [6.07, 6.45) is 0. The highest BCUT2D eigenvalue weighted by Gasteiger charge is 2.16. The average Bonchev–Trinajstić information content (AvgIpc) is 2.59. The number of rotatable bonds is 4. The highest BCUT2D eigenvalue weighted by Crippen LogP contribution is 2.13. The van der Waals surface area contributed by atoms with Crippen molar-refractivity contribution < 1.29 is 0 Å². The minimum Gasteiger partial charge on any atom is -0.295 e. The van der Waals surface area contributed by atoms with Crippen LogP contribution in [0.15, 0.2) is 59.7 Å². The number of benzene rings is 2. The smallest absolute Gasteiger partial charge is 0.0646 e. The summed E-state index contributed by atoms with van der Waals surface area (Å²) in [5.41, 5.74) is 3.58. The van der Waals surface area contributed by atoms with Crippen LogP contribution in [0.2, 0.25) is 5.02 Å². The van der Waals surface area contributed by atoms with E-state index in [9.17, 15) is 0 Å². The Morgan fingerprint density at radius 2 is 1.61 bits per heavy atom. The van der Waals surface area contributed by atoms with Crippen LogP contribution in [0, 0.1) is 0 Å². The van der Waals surface area contributed by atoms with Crippen LogP contribution < -0.4 is 0 Å². The van der Waals surface area contributed by atoms with Crippen LogP contribution >= 0.6 is 11.6 Å². The number of hydrazone groups is 1. The highest BCUT2D eigenvalue weighted by molar-refractivity contribution is 6.30. The van der Waals surface area contributed by atoms with E-state index < -0.39 is 0 Å². The monoisotopic (exact) mass is 327 g/mol. The van der Waals surface area contributed by atoms with Gasteiger partial charge in [-0.1, -0.05) is 54.1 Å². The molecule has 0 saturated carbocycles. The maximum atomic E-state index is 5.94. The van der Waals surface area contributed by atoms with E-state index in [-0.39, 0.29) is 0 Å². The first-order valence-corrected chi connectivity index (χ1v) is 8.41. The number of hydrogen-bond donors (Lipinski definition) is 0. The van der Waals surface area contributed by atoms with Crippen LogP contribution in [0.3, 0.4) is 0 Å². The number of hydrogen-bond acceptors (Lipinski definition) is 3. The first-order valence-electron chi connectivity index (χ1n) is 8.03. The lowest BCUT2D eigenvalue weighted by Crippen LogP contribution is -2.43. The molecule has 1 saturated heterocycles. The van der Waals surface area contributed by atoms with Gasteiger partial charge in [-0.3, -0.25) is 9.91 Å². The molecule has 2 aromatic carbocycles. The molecule has 0 spiro atoms. The Morgan fingerprint density at radius 3 is 2.26 bits per heavy atom. The largest absolute Gasteiger partial charge is 0.295 e. The average molecular weight is 328 g/mol. The van der Waals surface area contributed by atoms with Crippen molar-refractivity contribution in [2.45, 2.75) is 13.5 Å². The molecule has 120 valence electrons. The van der Waals surface area contributed by atoms with Gasteiger partial charge in [0.05, 0.1) is 5.71 Å². The molecule has 1 aliphatic rings. The van der Waals surface area contributed by atoms with Gasteiger partial charge in [-0.15, -0.1) is 0 Å². The zero-order valence-electron chi connectivity index (χ0n) is 13.5. The molecule has 3 rings (SSSR count). The van der Waals surface area contributed by atoms with Crippen LogP contribution in [0.5, 0.6) is 0 Å². The Hall–Kier alpha value is -1.84. The molecular weight excluding hydrogens is 306 g/mol. The van der Waals surface area contributed by atoms with E-state index in [1.54, 1.807) is 0 Å². The number of halogens is 1. The van der Waals surface area contributed by atoms with Crippen LogP contribution in [0.1, 0.15) is 18.1 Å². The summed E-state index contributed by atoms with van der Waals surface area (Å²) in [5, 5.41) is 7.74. The van der Waals surface area contributed by atoms with Gasteiger partial charge in [-0.05, 0) is 30.2 Å². The molecule has 3 nitrogen and oxygen atoms in total. The predicted octanol–water partition coefficient (Wildman–Crippen LogP) is 3.88. The molecule has 0 N–H and O–H groups in total. The Balaban J connectivity index is 1.53. The van der Waals surface area contributed by atoms with E-state index in [2.05, 4.69) is 53.2 Å². The normalized spacial score (nSPS) is 16.6. The summed E-state index contributed by atoms with van der Waals surface area (Å²) in [6.45, 7) is 7.07. The van der Waals surface area contributed by atoms with E-state index in [0.29, 0.717) is 0 Å². The summed E-state index contributed by atoms with van der Waals surface area (Å²) in [5.74, 6) is 0. The SMILES string of the molecule is C/C(=N\N1CCN(Cc2ccc(Cl)cc2)CC1)c1ccccc1. The first kappa shape index (κ1) is 16.0. The van der Waals surface area contributed by atoms with Crippen molar-refractivity contribution in [1.82, 2.24) is 9.91 Å². The Morgan fingerprint density at radius 1 is 0.957 bits per heavy atom. The molecule has 0 amide bonds. The minimum atomic E-state index is 0.796. The predicted molar refractivity (Wildman–Crippen MR) is 97.0 cm³/mol. The third-order valence-electron chi connectivity index (χ3n) is 4.15. The molecular formula is C19H22ClN3. The van der Waals surface area contributed by atoms with E-state index in [1.165, 1.54) is 11.1 Å². The third kappa shape index (κ3) is 4.57. The Kier molecular flexibility index (Phi) is 5.31. The number of nitrogens with zero attached hydrogens (tertiary/aromatic N) is 3. The minimum absolute atomic E-state index is 0.796. The zero-order chi connectivity index (χ0) is 16.1. The Bertz CT molecular complexity index is 644. The van der Waals surface area contributed by atoms with Crippen molar-refractivity contribution >= 4 is 17.3 Å². The lowest BCUT2D eigenvalue weighted by Gasteiger charge is -2.33. The topological polar surface area (TPSA) is 18.8 Å². The maximum absolute atomic E-state index is 5.94. The molecule has 1 aliphatic heterocycles. The quantitative estimate of drug-likeness (QED) is 0.794. The van der Waals surface area contributed by atoms with E-state index in [0.717, 1.165) is 43.5 Å². The molecule has 0 radical (unpaired) electrons. The van der Waals surface area contributed by atoms with Crippen LogP contribution in [0.4, 0.5) is 0 Å². The van der Waals surface area contributed by atoms with Gasteiger partial charge in [0, 0.05) is 37.7 Å². The summed E-state index contributed by atoms with van der Waals surface area (Å²) < 4.78 is 0. The first-order chi connectivity index (χ1) is 11.2. The summed E-state index contributed by atoms with van der Waals surface area (Å²) in [6, 6.07) is 18.5. The molecule has 0 atom stereocenters. The van der Waals surface area contributed by atoms with Gasteiger partial charge in [0.2, 0.25) is 0 Å². The highest BCUT2D eigenvalue weighted by atomic mass is 35.5. The fourth-order valence-corrected chi connectivity index (χ4v) is 2.92. The van der Waals surface area contributed by atoms with Crippen molar-refractivity contribution in [3.05, 3.63) is 70.7 Å². The van der Waals surface area contributed by atoms with E-state index >= 15 is 0 Å². The second-order valence-electron chi connectivity index (χ2n) is 5.91. The van der Waals surface area contributed by atoms with Crippen LogP contribution in [-0.2, 0) is 6.54 Å². The maximum Gasteiger partial charge on any atom is 0.0646 e. The number of piperazine rings is 1. The van der Waals surface area contributed by atoms with E-state index in [1.807, 2.05) is 18.2 Å². The second kappa shape index (κ2) is 7.62. The lowest BCUT2D eigenvalue weighted by molar-refractivity contribution is 0.130. The van der Waals surface area contributed by atoms with Gasteiger partial charge < -0.3 is 0 Å². The van der Waals surface area contributed by atoms with Gasteiger partial charge in [0.1, 0.15) is 0 Å². The van der Waals surface area contributed by atoms with Crippen LogP contribution in [0.25, 0.3) is 0 Å². The lowest BCUT2D eigenvalue weighted by atomic mass is 10.1. The Labute approximate surface area is 143 Å². The summed E-state index contributed by atoms with van der Waals surface area (Å²) >= 11 is 5.94. The van der Waals surface area contributed by atoms with Crippen molar-refractivity contribution in [3.63, 3.8) is 0 Å². The molecule has 0 bridgehead atoms. The molecule has 0 unspecified atom stereocenters. The standard InChI is InChI=1S/C19H22ClN3/c1-16(18-5-3-2-4-6-18)21-23-13-11-22(12-14-23)15-17-7-9-19(20)10-8-17/h2-10H,11-15H2,1H3/b21-16+. The van der Waals surface area contributed by atoms with Gasteiger partial charge in [0.15, 0.2) is 0 Å². The van der Waals surface area contributed by atoms with Gasteiger partial charge in [-0.25, -0.2) is 0 Å². The molecule has 1 heterocycles. The van der Waals surface area contributed by atoms with Crippen molar-refractivity contribution in [3.8, 4) is 0 Å². The van der Waals surface area contributed by atoms with Crippen molar-refractivity contribution in [1.29, 1.82) is 0 Å². The fourth-order valence-electron chi connectivity index (χ4n) is 2.79. The zero-order valence-corrected chi connectivity index (χ0v) is 14.2. The molecule has 23 heavy (non-hydrogen) atoms. The van der Waals surface area contributed by atoms with E-state index in [4.69, 9.17) is 16.7 Å². The van der Waals surface area contributed by atoms with Crippen LogP contribution in [-0.4, -0.2) is 41.8 Å². The van der Waals surface area contributed by atoms with Crippen molar-refractivity contribution in [2.24, 2.45) is 5.10 Å². The molecule has 1 fully saturated rings. The summed E-state index contributed by atoms with van der Waals surface area (Å²) in [7, 11) is 0. The molecule has 4 heteroatoms. The van der Waals surface area contributed by atoms with Gasteiger partial charge in [0.25, 0.3) is 0 Å². The molecule has 2 aromatic rings.